The Kier molecular flexibility index (Phi) is 9.00. The first-order chi connectivity index (χ1) is 29.5. The number of fused-ring (bicyclic) bond motifs is 5. The fourth-order valence-corrected chi connectivity index (χ4v) is 10.5. The second kappa shape index (κ2) is 14.8. The molecule has 0 aromatic heterocycles. The van der Waals surface area contributed by atoms with Crippen LogP contribution in [0.1, 0.15) is 68.6 Å². The van der Waals surface area contributed by atoms with Gasteiger partial charge in [0.1, 0.15) is 0 Å². The maximum Gasteiger partial charge on any atom is 0.0618 e. The number of hydrogen-bond donors (Lipinski definition) is 0. The van der Waals surface area contributed by atoms with Crippen molar-refractivity contribution in [3.8, 4) is 44.5 Å². The zero-order valence-electron chi connectivity index (χ0n) is 34.5. The van der Waals surface area contributed by atoms with E-state index in [0.717, 1.165) is 11.4 Å². The first kappa shape index (κ1) is 36.4. The van der Waals surface area contributed by atoms with Gasteiger partial charge in [-0.3, -0.25) is 0 Å². The minimum absolute atomic E-state index is 0.0889. The van der Waals surface area contributed by atoms with E-state index < -0.39 is 0 Å². The molecular formula is C59H49N. The lowest BCUT2D eigenvalue weighted by Crippen LogP contribution is -2.16. The van der Waals surface area contributed by atoms with Crippen molar-refractivity contribution in [2.45, 2.75) is 57.3 Å². The summed E-state index contributed by atoms with van der Waals surface area (Å²) in [6.07, 6.45) is 6.68. The molecular weight excluding hydrogens is 723 g/mol. The van der Waals surface area contributed by atoms with Crippen molar-refractivity contribution in [2.24, 2.45) is 0 Å². The highest BCUT2D eigenvalue weighted by atomic mass is 15.1. The van der Waals surface area contributed by atoms with Gasteiger partial charge in [-0.15, -0.1) is 0 Å². The van der Waals surface area contributed by atoms with Crippen molar-refractivity contribution in [1.29, 1.82) is 0 Å². The molecule has 0 bridgehead atoms. The summed E-state index contributed by atoms with van der Waals surface area (Å²) in [5.41, 5.74) is 17.5. The number of nitrogens with zero attached hydrogens (tertiary/aromatic N) is 1. The van der Waals surface area contributed by atoms with Gasteiger partial charge in [-0.05, 0) is 115 Å². The normalized spacial score (nSPS) is 14.6. The second-order valence-corrected chi connectivity index (χ2v) is 17.5. The molecule has 0 aliphatic heterocycles. The molecule has 0 spiro atoms. The minimum atomic E-state index is -0.0889. The number of benzene rings is 9. The lowest BCUT2D eigenvalue weighted by molar-refractivity contribution is 0.443. The topological polar surface area (TPSA) is 3.24 Å². The molecule has 1 saturated carbocycles. The Balaban J connectivity index is 1.17. The molecule has 0 N–H and O–H groups in total. The molecule has 0 radical (unpaired) electrons. The summed E-state index contributed by atoms with van der Waals surface area (Å²) in [7, 11) is 0. The Labute approximate surface area is 354 Å². The lowest BCUT2D eigenvalue weighted by atomic mass is 9.82. The molecule has 11 rings (SSSR count). The molecule has 2 aliphatic carbocycles. The SMILES string of the molecule is CC1(C)c2ccccc2-c2cc(N(c3ccc(-c4ccc(C5CCCCC5)cc4)cc3-c3ccccc3)c3c(-c4ccc5ccccc5c4)ccc4ccccc34)ccc21. The number of hydrogen-bond acceptors (Lipinski definition) is 1. The average Bonchev–Trinajstić information content (AvgIpc) is 3.54. The summed E-state index contributed by atoms with van der Waals surface area (Å²) in [6, 6.07) is 73.0. The summed E-state index contributed by atoms with van der Waals surface area (Å²) in [6.45, 7) is 4.73. The quantitative estimate of drug-likeness (QED) is 0.156. The highest BCUT2D eigenvalue weighted by molar-refractivity contribution is 6.09. The van der Waals surface area contributed by atoms with Crippen LogP contribution in [-0.4, -0.2) is 0 Å². The Bertz CT molecular complexity index is 3040. The van der Waals surface area contributed by atoms with Crippen molar-refractivity contribution in [3.63, 3.8) is 0 Å². The lowest BCUT2D eigenvalue weighted by Gasteiger charge is -2.32. The third kappa shape index (κ3) is 6.23. The molecule has 0 saturated heterocycles. The highest BCUT2D eigenvalue weighted by Gasteiger charge is 2.36. The molecule has 9 aromatic carbocycles. The van der Waals surface area contributed by atoms with E-state index >= 15 is 0 Å². The van der Waals surface area contributed by atoms with Gasteiger partial charge in [-0.2, -0.15) is 0 Å². The Hall–Kier alpha value is -6.70. The third-order valence-corrected chi connectivity index (χ3v) is 13.7. The van der Waals surface area contributed by atoms with Gasteiger partial charge in [0.05, 0.1) is 11.4 Å². The van der Waals surface area contributed by atoms with Crippen LogP contribution in [0.15, 0.2) is 194 Å². The first-order valence-electron chi connectivity index (χ1n) is 21.9. The predicted octanol–water partition coefficient (Wildman–Crippen LogP) is 16.8. The van der Waals surface area contributed by atoms with Crippen LogP contribution in [0.2, 0.25) is 0 Å². The van der Waals surface area contributed by atoms with E-state index in [1.54, 1.807) is 0 Å². The summed E-state index contributed by atoms with van der Waals surface area (Å²) in [4.78, 5) is 2.57. The van der Waals surface area contributed by atoms with E-state index in [4.69, 9.17) is 0 Å². The maximum absolute atomic E-state index is 2.57. The molecule has 0 unspecified atom stereocenters. The fourth-order valence-electron chi connectivity index (χ4n) is 10.5. The molecule has 9 aromatic rings. The van der Waals surface area contributed by atoms with Crippen LogP contribution >= 0.6 is 0 Å². The van der Waals surface area contributed by atoms with Crippen molar-refractivity contribution in [2.75, 3.05) is 4.90 Å². The van der Waals surface area contributed by atoms with E-state index in [9.17, 15) is 0 Å². The van der Waals surface area contributed by atoms with Crippen LogP contribution < -0.4 is 4.90 Å². The van der Waals surface area contributed by atoms with E-state index in [2.05, 4.69) is 213 Å². The van der Waals surface area contributed by atoms with Crippen LogP contribution in [0, 0.1) is 0 Å². The zero-order chi connectivity index (χ0) is 40.2. The Morgan fingerprint density at radius 1 is 0.417 bits per heavy atom. The van der Waals surface area contributed by atoms with Gasteiger partial charge in [0.25, 0.3) is 0 Å². The number of anilines is 3. The van der Waals surface area contributed by atoms with Gasteiger partial charge in [0.2, 0.25) is 0 Å². The predicted molar refractivity (Wildman–Crippen MR) is 256 cm³/mol. The largest absolute Gasteiger partial charge is 0.309 e. The average molecular weight is 772 g/mol. The molecule has 1 nitrogen and oxygen atoms in total. The zero-order valence-corrected chi connectivity index (χ0v) is 34.5. The van der Waals surface area contributed by atoms with Gasteiger partial charge in [0.15, 0.2) is 0 Å². The third-order valence-electron chi connectivity index (χ3n) is 13.7. The van der Waals surface area contributed by atoms with Gasteiger partial charge < -0.3 is 4.90 Å². The molecule has 0 atom stereocenters. The maximum atomic E-state index is 2.57. The van der Waals surface area contributed by atoms with Crippen molar-refractivity contribution in [1.82, 2.24) is 0 Å². The molecule has 290 valence electrons. The molecule has 1 heteroatoms. The molecule has 2 aliphatic rings. The van der Waals surface area contributed by atoms with E-state index in [-0.39, 0.29) is 5.41 Å². The van der Waals surface area contributed by atoms with Gasteiger partial charge in [-0.25, -0.2) is 0 Å². The van der Waals surface area contributed by atoms with Crippen LogP contribution in [0.3, 0.4) is 0 Å². The second-order valence-electron chi connectivity index (χ2n) is 17.5. The first-order valence-corrected chi connectivity index (χ1v) is 21.9. The van der Waals surface area contributed by atoms with E-state index in [1.165, 1.54) is 121 Å². The fraction of sp³-hybridized carbons (Fsp3) is 0.153. The Morgan fingerprint density at radius 2 is 1.08 bits per heavy atom. The van der Waals surface area contributed by atoms with E-state index in [0.29, 0.717) is 5.92 Å². The van der Waals surface area contributed by atoms with Gasteiger partial charge in [0, 0.05) is 27.6 Å². The minimum Gasteiger partial charge on any atom is -0.309 e. The molecule has 1 fully saturated rings. The summed E-state index contributed by atoms with van der Waals surface area (Å²) < 4.78 is 0. The summed E-state index contributed by atoms with van der Waals surface area (Å²) in [5.74, 6) is 0.686. The van der Waals surface area contributed by atoms with Gasteiger partial charge in [-0.1, -0.05) is 197 Å². The van der Waals surface area contributed by atoms with Crippen LogP contribution in [-0.2, 0) is 5.41 Å². The standard InChI is InChI=1S/C59H49N/c1-59(2)55-24-14-13-23-52(55)54-39-49(33-35-56(54)59)60(58-50-22-12-11-20-45(50)31-34-51(58)48-30-29-41-17-9-10-21-46(41)37-48)57-36-32-47(38-53(57)44-18-7-4-8-19-44)43-27-25-42(26-28-43)40-15-5-3-6-16-40/h4,7-14,17-40H,3,5-6,15-16H2,1-2H3. The molecule has 0 heterocycles. The Morgan fingerprint density at radius 3 is 1.92 bits per heavy atom. The summed E-state index contributed by atoms with van der Waals surface area (Å²) >= 11 is 0. The van der Waals surface area contributed by atoms with Crippen LogP contribution in [0.4, 0.5) is 17.1 Å². The van der Waals surface area contributed by atoms with Crippen molar-refractivity contribution >= 4 is 38.6 Å². The highest BCUT2D eigenvalue weighted by Crippen LogP contribution is 2.53. The smallest absolute Gasteiger partial charge is 0.0618 e. The number of rotatable bonds is 7. The van der Waals surface area contributed by atoms with Crippen molar-refractivity contribution in [3.05, 3.63) is 211 Å². The molecule has 0 amide bonds. The van der Waals surface area contributed by atoms with Gasteiger partial charge >= 0.3 is 0 Å². The molecule has 60 heavy (non-hydrogen) atoms. The summed E-state index contributed by atoms with van der Waals surface area (Å²) in [5, 5.41) is 4.91. The van der Waals surface area contributed by atoms with E-state index in [1.807, 2.05) is 0 Å². The van der Waals surface area contributed by atoms with Crippen LogP contribution in [0.5, 0.6) is 0 Å². The van der Waals surface area contributed by atoms with Crippen LogP contribution in [0.25, 0.3) is 66.1 Å². The van der Waals surface area contributed by atoms with Crippen molar-refractivity contribution < 1.29 is 0 Å². The monoisotopic (exact) mass is 771 g/mol.